The van der Waals surface area contributed by atoms with Gasteiger partial charge < -0.3 is 20.1 Å². The Morgan fingerprint density at radius 3 is 1.36 bits per heavy atom. The zero-order valence-electron chi connectivity index (χ0n) is 39.4. The number of rotatable bonds is 47. The number of aliphatic hydroxyl groups is 1. The molecule has 2 unspecified atom stereocenters. The van der Waals surface area contributed by atoms with Crippen molar-refractivity contribution in [2.45, 2.75) is 238 Å². The van der Waals surface area contributed by atoms with Crippen LogP contribution in [-0.2, 0) is 27.9 Å². The molecule has 61 heavy (non-hydrogen) atoms. The van der Waals surface area contributed by atoms with Crippen LogP contribution < -0.4 is 5.32 Å². The van der Waals surface area contributed by atoms with E-state index in [2.05, 4.69) is 67.8 Å². The second-order valence-electron chi connectivity index (χ2n) is 16.8. The molecular formula is C51H94NO8P. The quantitative estimate of drug-likeness (QED) is 0.0238. The second-order valence-corrected chi connectivity index (χ2v) is 18.2. The highest BCUT2D eigenvalue weighted by molar-refractivity contribution is 7.47. The number of ether oxygens (including phenoxy) is 1. The van der Waals surface area contributed by atoms with Crippen LogP contribution in [0.15, 0.2) is 48.6 Å². The second kappa shape index (κ2) is 47.4. The monoisotopic (exact) mass is 880 g/mol. The van der Waals surface area contributed by atoms with E-state index in [1.807, 2.05) is 0 Å². The molecule has 0 fully saturated rings. The molecule has 0 saturated heterocycles. The average molecular weight is 880 g/mol. The minimum absolute atomic E-state index is 0.0642. The highest BCUT2D eigenvalue weighted by atomic mass is 31.2. The van der Waals surface area contributed by atoms with E-state index in [-0.39, 0.29) is 32.1 Å². The summed E-state index contributed by atoms with van der Waals surface area (Å²) in [6, 6.07) is 0. The molecule has 0 aromatic rings. The van der Waals surface area contributed by atoms with Gasteiger partial charge in [0.15, 0.2) is 0 Å². The van der Waals surface area contributed by atoms with Gasteiger partial charge in [0.2, 0.25) is 5.91 Å². The molecule has 0 aliphatic rings. The summed E-state index contributed by atoms with van der Waals surface area (Å²) < 4.78 is 27.0. The van der Waals surface area contributed by atoms with Crippen molar-refractivity contribution in [2.75, 3.05) is 26.4 Å². The number of amides is 1. The number of nitrogens with one attached hydrogen (secondary N) is 1. The molecule has 0 bridgehead atoms. The van der Waals surface area contributed by atoms with Crippen LogP contribution in [0, 0.1) is 0 Å². The average Bonchev–Trinajstić information content (AvgIpc) is 3.25. The molecule has 0 spiro atoms. The Morgan fingerprint density at radius 1 is 0.508 bits per heavy atom. The first kappa shape index (κ1) is 59.0. The van der Waals surface area contributed by atoms with Gasteiger partial charge in [0.25, 0.3) is 0 Å². The molecule has 0 aliphatic carbocycles. The number of carbonyl (C=O) groups excluding carboxylic acids is 2. The molecule has 10 heteroatoms. The molecule has 0 aromatic carbocycles. The predicted molar refractivity (Wildman–Crippen MR) is 257 cm³/mol. The lowest BCUT2D eigenvalue weighted by atomic mass is 10.0. The van der Waals surface area contributed by atoms with Crippen LogP contribution in [0.1, 0.15) is 232 Å². The molecule has 9 nitrogen and oxygen atoms in total. The highest BCUT2D eigenvalue weighted by Gasteiger charge is 2.23. The fourth-order valence-corrected chi connectivity index (χ4v) is 7.71. The normalized spacial score (nSPS) is 13.6. The third kappa shape index (κ3) is 48.9. The van der Waals surface area contributed by atoms with E-state index in [1.165, 1.54) is 141 Å². The van der Waals surface area contributed by atoms with Crippen molar-refractivity contribution in [3.63, 3.8) is 0 Å². The number of allylic oxidation sites excluding steroid dienone is 8. The Balaban J connectivity index is 3.59. The largest absolute Gasteiger partial charge is 0.472 e. The molecule has 3 N–H and O–H groups in total. The maximum absolute atomic E-state index is 12.1. The summed E-state index contributed by atoms with van der Waals surface area (Å²) in [4.78, 5) is 34.0. The van der Waals surface area contributed by atoms with Gasteiger partial charge in [0.1, 0.15) is 12.7 Å². The maximum Gasteiger partial charge on any atom is 0.472 e. The first-order valence-corrected chi connectivity index (χ1v) is 26.6. The van der Waals surface area contributed by atoms with E-state index in [1.54, 1.807) is 0 Å². The summed E-state index contributed by atoms with van der Waals surface area (Å²) in [5.74, 6) is -0.541. The lowest BCUT2D eigenvalue weighted by molar-refractivity contribution is -0.147. The van der Waals surface area contributed by atoms with Gasteiger partial charge in [0, 0.05) is 19.4 Å². The van der Waals surface area contributed by atoms with Gasteiger partial charge in [0.05, 0.1) is 13.2 Å². The number of hydrogen-bond acceptors (Lipinski definition) is 7. The van der Waals surface area contributed by atoms with Crippen molar-refractivity contribution >= 4 is 19.7 Å². The molecule has 1 amide bonds. The molecule has 0 rings (SSSR count). The minimum Gasteiger partial charge on any atom is -0.463 e. The van der Waals surface area contributed by atoms with Crippen LogP contribution in [0.5, 0.6) is 0 Å². The lowest BCUT2D eigenvalue weighted by Crippen LogP contribution is -2.27. The summed E-state index contributed by atoms with van der Waals surface area (Å²) in [7, 11) is -4.43. The van der Waals surface area contributed by atoms with E-state index >= 15 is 0 Å². The molecule has 0 heterocycles. The van der Waals surface area contributed by atoms with Gasteiger partial charge in [-0.15, -0.1) is 0 Å². The maximum atomic E-state index is 12.1. The Hall–Kier alpha value is -2.03. The first-order chi connectivity index (χ1) is 29.8. The number of unbranched alkanes of at least 4 members (excludes halogenated alkanes) is 26. The topological polar surface area (TPSA) is 131 Å². The van der Waals surface area contributed by atoms with Crippen LogP contribution in [0.4, 0.5) is 0 Å². The van der Waals surface area contributed by atoms with E-state index < -0.39 is 26.5 Å². The van der Waals surface area contributed by atoms with Crippen molar-refractivity contribution in [2.24, 2.45) is 0 Å². The lowest BCUT2D eigenvalue weighted by Gasteiger charge is -2.15. The molecule has 2 atom stereocenters. The molecule has 0 aliphatic heterocycles. The van der Waals surface area contributed by atoms with Crippen molar-refractivity contribution in [1.29, 1.82) is 0 Å². The van der Waals surface area contributed by atoms with Crippen LogP contribution in [0.25, 0.3) is 0 Å². The van der Waals surface area contributed by atoms with Gasteiger partial charge in [-0.3, -0.25) is 18.6 Å². The van der Waals surface area contributed by atoms with Gasteiger partial charge in [-0.2, -0.15) is 0 Å². The third-order valence-electron chi connectivity index (χ3n) is 10.8. The van der Waals surface area contributed by atoms with E-state index in [0.717, 1.165) is 64.2 Å². The van der Waals surface area contributed by atoms with Gasteiger partial charge in [-0.25, -0.2) is 4.57 Å². The third-order valence-corrected chi connectivity index (χ3v) is 11.7. The molecule has 356 valence electrons. The summed E-state index contributed by atoms with van der Waals surface area (Å²) in [6.07, 6.45) is 56.2. The summed E-state index contributed by atoms with van der Waals surface area (Å²) in [5.41, 5.74) is 0. The van der Waals surface area contributed by atoms with Crippen LogP contribution >= 0.6 is 7.82 Å². The molecular weight excluding hydrogens is 786 g/mol. The SMILES string of the molecule is CCCCC/C=C\C/C=C\C/C=C\C/C=C\CCCCCC(=O)NCCOP(=O)(O)OCC(O)COC(=O)CCCCCCCCCCCCCCCCCCCCCCC. The number of hydrogen-bond donors (Lipinski definition) is 3. The Morgan fingerprint density at radius 2 is 0.885 bits per heavy atom. The smallest absolute Gasteiger partial charge is 0.463 e. The summed E-state index contributed by atoms with van der Waals surface area (Å²) in [5, 5.41) is 12.7. The van der Waals surface area contributed by atoms with Crippen molar-refractivity contribution in [3.8, 4) is 0 Å². The van der Waals surface area contributed by atoms with Crippen molar-refractivity contribution in [1.82, 2.24) is 5.32 Å². The van der Waals surface area contributed by atoms with Crippen molar-refractivity contribution < 1.29 is 37.9 Å². The summed E-state index contributed by atoms with van der Waals surface area (Å²) in [6.45, 7) is 3.52. The van der Waals surface area contributed by atoms with E-state index in [0.29, 0.717) is 6.42 Å². The highest BCUT2D eigenvalue weighted by Crippen LogP contribution is 2.42. The minimum atomic E-state index is -4.43. The number of phosphoric acid groups is 1. The fraction of sp³-hybridized carbons (Fsp3) is 0.804. The van der Waals surface area contributed by atoms with Gasteiger partial charge >= 0.3 is 13.8 Å². The number of carbonyl (C=O) groups is 2. The Bertz CT molecular complexity index is 1140. The number of phosphoric ester groups is 1. The van der Waals surface area contributed by atoms with Crippen LogP contribution in [0.3, 0.4) is 0 Å². The predicted octanol–water partition coefficient (Wildman–Crippen LogP) is 14.7. The molecule has 0 aromatic heterocycles. The summed E-state index contributed by atoms with van der Waals surface area (Å²) >= 11 is 0. The number of aliphatic hydroxyl groups excluding tert-OH is 1. The van der Waals surface area contributed by atoms with Gasteiger partial charge in [-0.1, -0.05) is 210 Å². The Labute approximate surface area is 375 Å². The van der Waals surface area contributed by atoms with Crippen molar-refractivity contribution in [3.05, 3.63) is 48.6 Å². The zero-order chi connectivity index (χ0) is 44.6. The van der Waals surface area contributed by atoms with Crippen LogP contribution in [-0.4, -0.2) is 54.3 Å². The van der Waals surface area contributed by atoms with E-state index in [4.69, 9.17) is 13.8 Å². The Kier molecular flexibility index (Phi) is 45.9. The fourth-order valence-electron chi connectivity index (χ4n) is 6.95. The van der Waals surface area contributed by atoms with Gasteiger partial charge in [-0.05, 0) is 57.8 Å². The zero-order valence-corrected chi connectivity index (χ0v) is 40.3. The molecule has 0 saturated carbocycles. The molecule has 0 radical (unpaired) electrons. The van der Waals surface area contributed by atoms with E-state index in [9.17, 15) is 24.2 Å². The number of esters is 1. The standard InChI is InChI=1S/C51H94NO8P/c1-3-5-7-9-11-13-15-17-19-21-23-24-26-28-30-32-34-36-38-40-42-44-51(55)58-47-49(53)48-60-61(56,57)59-46-45-52-50(54)43-41-39-37-35-33-31-29-27-25-22-20-18-16-14-12-10-8-6-4-2/h12,14,18,20,25,27,31,33,49,53H,3-11,13,15-17,19,21-24,26,28-30,32,34-48H2,1-2H3,(H,52,54)(H,56,57)/b14-12-,20-18-,27-25-,33-31-. The first-order valence-electron chi connectivity index (χ1n) is 25.1. The van der Waals surface area contributed by atoms with Crippen LogP contribution in [0.2, 0.25) is 0 Å².